The number of carbonyl (C=O) groups excluding carboxylic acids is 1. The van der Waals surface area contributed by atoms with Crippen molar-refractivity contribution >= 4 is 5.91 Å². The zero-order valence-corrected chi connectivity index (χ0v) is 8.70. The minimum Gasteiger partial charge on any atom is -0.392 e. The fourth-order valence-electron chi connectivity index (χ4n) is 1.86. The van der Waals surface area contributed by atoms with Gasteiger partial charge in [-0.2, -0.15) is 0 Å². The van der Waals surface area contributed by atoms with Crippen molar-refractivity contribution in [3.63, 3.8) is 0 Å². The molecule has 0 aromatic heterocycles. The van der Waals surface area contributed by atoms with Crippen LogP contribution in [0.5, 0.6) is 0 Å². The van der Waals surface area contributed by atoms with Crippen molar-refractivity contribution in [1.82, 2.24) is 5.32 Å². The zero-order chi connectivity index (χ0) is 10.6. The molecule has 1 aliphatic rings. The topological polar surface area (TPSA) is 75.3 Å². The lowest BCUT2D eigenvalue weighted by atomic mass is 9.84. The lowest BCUT2D eigenvalue weighted by molar-refractivity contribution is -0.126. The average Bonchev–Trinajstić information content (AvgIpc) is 2.15. The maximum absolute atomic E-state index is 11.6. The molecule has 1 aliphatic carbocycles. The molecule has 0 aliphatic heterocycles. The fraction of sp³-hybridized carbons (Fsp3) is 0.900. The van der Waals surface area contributed by atoms with E-state index in [1.807, 2.05) is 0 Å². The molecular formula is C10H20N2O2. The lowest BCUT2D eigenvalue weighted by Crippen LogP contribution is -2.45. The quantitative estimate of drug-likeness (QED) is 0.600. The highest BCUT2D eigenvalue weighted by molar-refractivity contribution is 5.79. The van der Waals surface area contributed by atoms with Crippen LogP contribution in [0.2, 0.25) is 0 Å². The summed E-state index contributed by atoms with van der Waals surface area (Å²) in [7, 11) is 0. The number of aliphatic hydroxyl groups is 1. The summed E-state index contributed by atoms with van der Waals surface area (Å²) in [5.74, 6) is -0.0550. The van der Waals surface area contributed by atoms with Crippen LogP contribution in [0.4, 0.5) is 0 Å². The van der Waals surface area contributed by atoms with Crippen LogP contribution in [0, 0.1) is 5.92 Å². The summed E-state index contributed by atoms with van der Waals surface area (Å²) in [6.45, 7) is 1.98. The highest BCUT2D eigenvalue weighted by Gasteiger charge is 2.27. The molecule has 0 radical (unpaired) electrons. The number of carbonyl (C=O) groups is 1. The molecule has 4 heteroatoms. The van der Waals surface area contributed by atoms with Gasteiger partial charge in [-0.25, -0.2) is 0 Å². The van der Waals surface area contributed by atoms with Crippen LogP contribution < -0.4 is 11.1 Å². The standard InChI is InChI=1S/C10H20N2O2/c1-7(13)6-12-10(14)8-4-2-3-5-9(8)11/h7-9,13H,2-6,11H2,1H3,(H,12,14). The molecule has 14 heavy (non-hydrogen) atoms. The van der Waals surface area contributed by atoms with Gasteiger partial charge in [-0.05, 0) is 19.8 Å². The van der Waals surface area contributed by atoms with Gasteiger partial charge < -0.3 is 16.2 Å². The summed E-state index contributed by atoms with van der Waals surface area (Å²) in [5.41, 5.74) is 5.86. The first-order valence-corrected chi connectivity index (χ1v) is 5.32. The molecular weight excluding hydrogens is 180 g/mol. The van der Waals surface area contributed by atoms with Gasteiger partial charge in [0.05, 0.1) is 12.0 Å². The average molecular weight is 200 g/mol. The number of aliphatic hydroxyl groups excluding tert-OH is 1. The van der Waals surface area contributed by atoms with Gasteiger partial charge in [-0.3, -0.25) is 4.79 Å². The summed E-state index contributed by atoms with van der Waals surface area (Å²) < 4.78 is 0. The third-order valence-electron chi connectivity index (χ3n) is 2.73. The van der Waals surface area contributed by atoms with Gasteiger partial charge in [0, 0.05) is 12.6 Å². The first kappa shape index (κ1) is 11.5. The molecule has 0 aromatic rings. The van der Waals surface area contributed by atoms with Crippen LogP contribution in [0.1, 0.15) is 32.6 Å². The van der Waals surface area contributed by atoms with Gasteiger partial charge >= 0.3 is 0 Å². The molecule has 3 atom stereocenters. The summed E-state index contributed by atoms with van der Waals surface area (Å²) in [6, 6.07) is -0.00208. The Kier molecular flexibility index (Phi) is 4.35. The molecule has 0 bridgehead atoms. The Morgan fingerprint density at radius 3 is 2.79 bits per heavy atom. The fourth-order valence-corrected chi connectivity index (χ4v) is 1.86. The van der Waals surface area contributed by atoms with E-state index in [1.165, 1.54) is 0 Å². The molecule has 4 nitrogen and oxygen atoms in total. The van der Waals surface area contributed by atoms with E-state index in [0.29, 0.717) is 6.54 Å². The van der Waals surface area contributed by atoms with Gasteiger partial charge in [-0.1, -0.05) is 12.8 Å². The second kappa shape index (κ2) is 5.32. The number of nitrogens with two attached hydrogens (primary N) is 1. The minimum atomic E-state index is -0.487. The Morgan fingerprint density at radius 1 is 1.57 bits per heavy atom. The molecule has 1 amide bonds. The van der Waals surface area contributed by atoms with Crippen LogP contribution in [0.25, 0.3) is 0 Å². The zero-order valence-electron chi connectivity index (χ0n) is 8.70. The van der Waals surface area contributed by atoms with Crippen LogP contribution >= 0.6 is 0 Å². The predicted molar refractivity (Wildman–Crippen MR) is 54.6 cm³/mol. The number of hydrogen-bond acceptors (Lipinski definition) is 3. The van der Waals surface area contributed by atoms with E-state index in [4.69, 9.17) is 10.8 Å². The number of rotatable bonds is 3. The van der Waals surface area contributed by atoms with E-state index >= 15 is 0 Å². The lowest BCUT2D eigenvalue weighted by Gasteiger charge is -2.27. The number of amides is 1. The molecule has 1 rings (SSSR count). The Labute approximate surface area is 84.9 Å². The molecule has 0 spiro atoms. The van der Waals surface area contributed by atoms with Crippen molar-refractivity contribution in [2.45, 2.75) is 44.8 Å². The molecule has 0 heterocycles. The number of nitrogens with one attached hydrogen (secondary N) is 1. The second-order valence-corrected chi connectivity index (χ2v) is 4.15. The summed E-state index contributed by atoms with van der Waals surface area (Å²) in [6.07, 6.45) is 3.54. The van der Waals surface area contributed by atoms with E-state index in [0.717, 1.165) is 25.7 Å². The Balaban J connectivity index is 2.34. The summed E-state index contributed by atoms with van der Waals surface area (Å²) >= 11 is 0. The largest absolute Gasteiger partial charge is 0.392 e. The maximum atomic E-state index is 11.6. The van der Waals surface area contributed by atoms with Crippen molar-refractivity contribution in [2.24, 2.45) is 11.7 Å². The number of hydrogen-bond donors (Lipinski definition) is 3. The third-order valence-corrected chi connectivity index (χ3v) is 2.73. The highest BCUT2D eigenvalue weighted by Crippen LogP contribution is 2.22. The third kappa shape index (κ3) is 3.27. The predicted octanol–water partition coefficient (Wildman–Crippen LogP) is 0.000900. The molecule has 0 aromatic carbocycles. The van der Waals surface area contributed by atoms with Gasteiger partial charge in [0.15, 0.2) is 0 Å². The monoisotopic (exact) mass is 200 g/mol. The van der Waals surface area contributed by atoms with Crippen molar-refractivity contribution < 1.29 is 9.90 Å². The van der Waals surface area contributed by atoms with Crippen LogP contribution in [-0.4, -0.2) is 29.7 Å². The summed E-state index contributed by atoms with van der Waals surface area (Å²) in [5, 5.41) is 11.7. The van der Waals surface area contributed by atoms with Gasteiger partial charge in [0.1, 0.15) is 0 Å². The summed E-state index contributed by atoms with van der Waals surface area (Å²) in [4.78, 5) is 11.6. The van der Waals surface area contributed by atoms with E-state index in [9.17, 15) is 4.79 Å². The Morgan fingerprint density at radius 2 is 2.21 bits per heavy atom. The minimum absolute atomic E-state index is 0.00176. The van der Waals surface area contributed by atoms with E-state index in [1.54, 1.807) is 6.92 Å². The van der Waals surface area contributed by atoms with E-state index < -0.39 is 6.10 Å². The van der Waals surface area contributed by atoms with Gasteiger partial charge in [0.2, 0.25) is 5.91 Å². The van der Waals surface area contributed by atoms with E-state index in [2.05, 4.69) is 5.32 Å². The van der Waals surface area contributed by atoms with Gasteiger partial charge in [-0.15, -0.1) is 0 Å². The van der Waals surface area contributed by atoms with Crippen molar-refractivity contribution in [2.75, 3.05) is 6.54 Å². The first-order chi connectivity index (χ1) is 6.61. The molecule has 4 N–H and O–H groups in total. The first-order valence-electron chi connectivity index (χ1n) is 5.32. The highest BCUT2D eigenvalue weighted by atomic mass is 16.3. The SMILES string of the molecule is CC(O)CNC(=O)C1CCCCC1N. The molecule has 1 saturated carbocycles. The molecule has 82 valence electrons. The maximum Gasteiger partial charge on any atom is 0.224 e. The van der Waals surface area contributed by atoms with Crippen molar-refractivity contribution in [3.05, 3.63) is 0 Å². The van der Waals surface area contributed by atoms with Crippen LogP contribution in [-0.2, 0) is 4.79 Å². The van der Waals surface area contributed by atoms with Gasteiger partial charge in [0.25, 0.3) is 0 Å². The second-order valence-electron chi connectivity index (χ2n) is 4.15. The molecule has 0 saturated heterocycles. The smallest absolute Gasteiger partial charge is 0.224 e. The van der Waals surface area contributed by atoms with Crippen molar-refractivity contribution in [3.8, 4) is 0 Å². The normalized spacial score (nSPS) is 29.6. The molecule has 3 unspecified atom stereocenters. The van der Waals surface area contributed by atoms with Crippen LogP contribution in [0.3, 0.4) is 0 Å². The Hall–Kier alpha value is -0.610. The van der Waals surface area contributed by atoms with Crippen molar-refractivity contribution in [1.29, 1.82) is 0 Å². The van der Waals surface area contributed by atoms with Crippen LogP contribution in [0.15, 0.2) is 0 Å². The Bertz CT molecular complexity index is 195. The van der Waals surface area contributed by atoms with E-state index in [-0.39, 0.29) is 17.9 Å². The molecule has 1 fully saturated rings.